The van der Waals surface area contributed by atoms with Gasteiger partial charge >= 0.3 is 0 Å². The minimum Gasteiger partial charge on any atom is -0.354 e. The second kappa shape index (κ2) is 4.19. The van der Waals surface area contributed by atoms with Gasteiger partial charge < -0.3 is 9.47 Å². The van der Waals surface area contributed by atoms with Gasteiger partial charge in [0, 0.05) is 25.4 Å². The molecule has 0 radical (unpaired) electrons. The summed E-state index contributed by atoms with van der Waals surface area (Å²) in [6.45, 7) is 2.40. The highest BCUT2D eigenvalue weighted by atomic mass is 15.1. The third kappa shape index (κ3) is 3.23. The first-order chi connectivity index (χ1) is 5.29. The van der Waals surface area contributed by atoms with Gasteiger partial charge in [-0.05, 0) is 12.1 Å². The van der Waals surface area contributed by atoms with E-state index in [1.807, 2.05) is 0 Å². The van der Waals surface area contributed by atoms with Crippen LogP contribution in [-0.2, 0) is 6.54 Å². The first-order valence-electron chi connectivity index (χ1n) is 4.19. The third-order valence-corrected chi connectivity index (χ3v) is 1.76. The van der Waals surface area contributed by atoms with Crippen molar-refractivity contribution in [3.63, 3.8) is 0 Å². The summed E-state index contributed by atoms with van der Waals surface area (Å²) in [6, 6.07) is 4.14. The van der Waals surface area contributed by atoms with E-state index in [0.29, 0.717) is 0 Å². The van der Waals surface area contributed by atoms with Crippen molar-refractivity contribution in [2.75, 3.05) is 20.6 Å². The Morgan fingerprint density at radius 3 is 2.36 bits per heavy atom. The van der Waals surface area contributed by atoms with Crippen LogP contribution in [0.2, 0.25) is 0 Å². The van der Waals surface area contributed by atoms with Gasteiger partial charge in [0.05, 0.1) is 20.6 Å². The van der Waals surface area contributed by atoms with Crippen LogP contribution in [0.1, 0.15) is 6.42 Å². The van der Waals surface area contributed by atoms with Crippen molar-refractivity contribution >= 4 is 0 Å². The smallest absolute Gasteiger partial charge is 0.0784 e. The van der Waals surface area contributed by atoms with E-state index in [4.69, 9.17) is 0 Å². The van der Waals surface area contributed by atoms with Crippen molar-refractivity contribution < 1.29 is 4.90 Å². The zero-order valence-corrected chi connectivity index (χ0v) is 7.38. The van der Waals surface area contributed by atoms with E-state index in [0.717, 1.165) is 6.54 Å². The Balaban J connectivity index is 2.14. The number of hydrogen-bond donors (Lipinski definition) is 1. The van der Waals surface area contributed by atoms with Gasteiger partial charge in [0.15, 0.2) is 0 Å². The molecule has 0 amide bonds. The molecule has 62 valence electrons. The predicted molar refractivity (Wildman–Crippen MR) is 46.7 cm³/mol. The van der Waals surface area contributed by atoms with E-state index in [-0.39, 0.29) is 0 Å². The molecule has 11 heavy (non-hydrogen) atoms. The minimum absolute atomic E-state index is 1.15. The summed E-state index contributed by atoms with van der Waals surface area (Å²) in [5.41, 5.74) is 0. The van der Waals surface area contributed by atoms with Gasteiger partial charge in [0.25, 0.3) is 0 Å². The highest BCUT2D eigenvalue weighted by Gasteiger charge is 1.93. The first-order valence-corrected chi connectivity index (χ1v) is 4.19. The number of nitrogens with one attached hydrogen (secondary N) is 1. The quantitative estimate of drug-likeness (QED) is 0.625. The van der Waals surface area contributed by atoms with Crippen molar-refractivity contribution in [1.82, 2.24) is 4.57 Å². The topological polar surface area (TPSA) is 9.37 Å². The number of quaternary nitrogens is 1. The number of nitrogens with zero attached hydrogens (tertiary/aromatic N) is 1. The van der Waals surface area contributed by atoms with Gasteiger partial charge in [-0.15, -0.1) is 0 Å². The van der Waals surface area contributed by atoms with Crippen LogP contribution < -0.4 is 4.90 Å². The molecule has 1 N–H and O–H groups in total. The van der Waals surface area contributed by atoms with Crippen molar-refractivity contribution in [2.45, 2.75) is 13.0 Å². The maximum Gasteiger partial charge on any atom is 0.0784 e. The Morgan fingerprint density at radius 1 is 1.18 bits per heavy atom. The highest BCUT2D eigenvalue weighted by Crippen LogP contribution is 1.90. The average molecular weight is 153 g/mol. The highest BCUT2D eigenvalue weighted by molar-refractivity contribution is 4.89. The fourth-order valence-corrected chi connectivity index (χ4v) is 1.13. The molecule has 0 saturated carbocycles. The molecule has 1 rings (SSSR count). The van der Waals surface area contributed by atoms with E-state index in [1.165, 1.54) is 17.9 Å². The number of rotatable bonds is 4. The average Bonchev–Trinajstić information content (AvgIpc) is 2.39. The molecule has 1 aromatic heterocycles. The zero-order valence-electron chi connectivity index (χ0n) is 7.38. The normalized spacial score (nSPS) is 10.8. The van der Waals surface area contributed by atoms with Gasteiger partial charge in [-0.25, -0.2) is 0 Å². The molecule has 0 aliphatic carbocycles. The lowest BCUT2D eigenvalue weighted by Gasteiger charge is -2.06. The maximum absolute atomic E-state index is 2.23. The van der Waals surface area contributed by atoms with Gasteiger partial charge in [0.1, 0.15) is 0 Å². The molecular formula is C9H17N2+. The Kier molecular flexibility index (Phi) is 3.17. The van der Waals surface area contributed by atoms with Gasteiger partial charge in [-0.2, -0.15) is 0 Å². The monoisotopic (exact) mass is 153 g/mol. The zero-order chi connectivity index (χ0) is 8.10. The van der Waals surface area contributed by atoms with Crippen molar-refractivity contribution in [2.24, 2.45) is 0 Å². The molecule has 1 heterocycles. The SMILES string of the molecule is C[NH+](C)CCCn1cccc1. The van der Waals surface area contributed by atoms with Crippen LogP contribution in [-0.4, -0.2) is 25.2 Å². The molecule has 0 aliphatic heterocycles. The molecule has 0 spiro atoms. The molecule has 0 atom stereocenters. The van der Waals surface area contributed by atoms with Gasteiger partial charge in [0.2, 0.25) is 0 Å². The van der Waals surface area contributed by atoms with Crippen molar-refractivity contribution in [1.29, 1.82) is 0 Å². The molecule has 0 aliphatic rings. The fourth-order valence-electron chi connectivity index (χ4n) is 1.13. The third-order valence-electron chi connectivity index (χ3n) is 1.76. The predicted octanol–water partition coefficient (Wildman–Crippen LogP) is 0.0227. The Hall–Kier alpha value is -0.760. The second-order valence-electron chi connectivity index (χ2n) is 3.23. The van der Waals surface area contributed by atoms with Crippen LogP contribution in [0, 0.1) is 0 Å². The van der Waals surface area contributed by atoms with Crippen LogP contribution in [0.25, 0.3) is 0 Å². The fraction of sp³-hybridized carbons (Fsp3) is 0.556. The van der Waals surface area contributed by atoms with E-state index in [2.05, 4.69) is 43.2 Å². The lowest BCUT2D eigenvalue weighted by Crippen LogP contribution is -3.05. The lowest BCUT2D eigenvalue weighted by molar-refractivity contribution is -0.858. The molecule has 0 saturated heterocycles. The summed E-state index contributed by atoms with van der Waals surface area (Å²) in [4.78, 5) is 1.53. The molecule has 2 heteroatoms. The second-order valence-corrected chi connectivity index (χ2v) is 3.23. The Labute approximate surface area is 68.4 Å². The first kappa shape index (κ1) is 8.34. The standard InChI is InChI=1S/C9H16N2/c1-10(2)6-5-9-11-7-3-4-8-11/h3-4,7-8H,5-6,9H2,1-2H3/p+1. The summed E-state index contributed by atoms with van der Waals surface area (Å²) >= 11 is 0. The van der Waals surface area contributed by atoms with Crippen LogP contribution in [0.15, 0.2) is 24.5 Å². The van der Waals surface area contributed by atoms with Gasteiger partial charge in [-0.1, -0.05) is 0 Å². The summed E-state index contributed by atoms with van der Waals surface area (Å²) in [7, 11) is 4.38. The van der Waals surface area contributed by atoms with Crippen molar-refractivity contribution in [3.8, 4) is 0 Å². The summed E-state index contributed by atoms with van der Waals surface area (Å²) in [5, 5.41) is 0. The molecular weight excluding hydrogens is 136 g/mol. The Morgan fingerprint density at radius 2 is 1.82 bits per heavy atom. The molecule has 2 nitrogen and oxygen atoms in total. The van der Waals surface area contributed by atoms with E-state index in [9.17, 15) is 0 Å². The summed E-state index contributed by atoms with van der Waals surface area (Å²) in [5.74, 6) is 0. The summed E-state index contributed by atoms with van der Waals surface area (Å²) < 4.78 is 2.23. The van der Waals surface area contributed by atoms with Crippen LogP contribution in [0.5, 0.6) is 0 Å². The number of aryl methyl sites for hydroxylation is 1. The van der Waals surface area contributed by atoms with Crippen LogP contribution >= 0.6 is 0 Å². The maximum atomic E-state index is 2.23. The minimum atomic E-state index is 1.15. The van der Waals surface area contributed by atoms with E-state index >= 15 is 0 Å². The number of hydrogen-bond acceptors (Lipinski definition) is 0. The molecule has 0 aromatic carbocycles. The van der Waals surface area contributed by atoms with E-state index < -0.39 is 0 Å². The summed E-state index contributed by atoms with van der Waals surface area (Å²) in [6.07, 6.45) is 5.49. The van der Waals surface area contributed by atoms with Crippen LogP contribution in [0.4, 0.5) is 0 Å². The number of aromatic nitrogens is 1. The van der Waals surface area contributed by atoms with E-state index in [1.54, 1.807) is 0 Å². The molecule has 0 unspecified atom stereocenters. The lowest BCUT2D eigenvalue weighted by atomic mass is 10.4. The Bertz CT molecular complexity index is 177. The molecule has 0 fully saturated rings. The van der Waals surface area contributed by atoms with Gasteiger partial charge in [-0.3, -0.25) is 0 Å². The largest absolute Gasteiger partial charge is 0.354 e. The van der Waals surface area contributed by atoms with Crippen molar-refractivity contribution in [3.05, 3.63) is 24.5 Å². The molecule has 1 aromatic rings. The van der Waals surface area contributed by atoms with Crippen LogP contribution in [0.3, 0.4) is 0 Å². The molecule has 0 bridgehead atoms.